The number of esters is 1. The van der Waals surface area contributed by atoms with Gasteiger partial charge < -0.3 is 15.8 Å². The van der Waals surface area contributed by atoms with Crippen LogP contribution in [0.15, 0.2) is 18.2 Å². The van der Waals surface area contributed by atoms with E-state index in [9.17, 15) is 14.0 Å². The second-order valence-corrected chi connectivity index (χ2v) is 3.27. The summed E-state index contributed by atoms with van der Waals surface area (Å²) in [6, 6.07) is 3.61. The zero-order valence-corrected chi connectivity index (χ0v) is 9.33. The molecule has 0 heterocycles. The first-order chi connectivity index (χ1) is 8.04. The van der Waals surface area contributed by atoms with Crippen LogP contribution < -0.4 is 11.1 Å². The second-order valence-electron chi connectivity index (χ2n) is 3.27. The van der Waals surface area contributed by atoms with Crippen LogP contribution in [0.25, 0.3) is 0 Å². The summed E-state index contributed by atoms with van der Waals surface area (Å²) < 4.78 is 17.9. The SMILES string of the molecule is CCNC(=O)COC(=O)c1ccc(N)cc1F. The van der Waals surface area contributed by atoms with Crippen LogP contribution in [0.4, 0.5) is 10.1 Å². The minimum absolute atomic E-state index is 0.211. The molecule has 0 spiro atoms. The minimum atomic E-state index is -0.895. The van der Waals surface area contributed by atoms with Crippen molar-refractivity contribution in [1.29, 1.82) is 0 Å². The number of rotatable bonds is 4. The highest BCUT2D eigenvalue weighted by Crippen LogP contribution is 2.12. The van der Waals surface area contributed by atoms with Gasteiger partial charge >= 0.3 is 5.97 Å². The third kappa shape index (κ3) is 3.75. The molecule has 0 aliphatic heterocycles. The highest BCUT2D eigenvalue weighted by atomic mass is 19.1. The summed E-state index contributed by atoms with van der Waals surface area (Å²) >= 11 is 0. The zero-order valence-electron chi connectivity index (χ0n) is 9.33. The van der Waals surface area contributed by atoms with Crippen molar-refractivity contribution < 1.29 is 18.7 Å². The number of carbonyl (C=O) groups excluding carboxylic acids is 2. The van der Waals surface area contributed by atoms with Crippen molar-refractivity contribution in [1.82, 2.24) is 5.32 Å². The van der Waals surface area contributed by atoms with Gasteiger partial charge in [-0.05, 0) is 25.1 Å². The first-order valence-electron chi connectivity index (χ1n) is 5.03. The molecule has 0 bridgehead atoms. The molecule has 0 aliphatic carbocycles. The summed E-state index contributed by atoms with van der Waals surface area (Å²) in [5, 5.41) is 2.45. The van der Waals surface area contributed by atoms with Gasteiger partial charge in [-0.15, -0.1) is 0 Å². The van der Waals surface area contributed by atoms with Crippen molar-refractivity contribution in [2.75, 3.05) is 18.9 Å². The molecule has 17 heavy (non-hydrogen) atoms. The molecule has 6 heteroatoms. The number of nitrogens with two attached hydrogens (primary N) is 1. The van der Waals surface area contributed by atoms with E-state index in [0.717, 1.165) is 6.07 Å². The minimum Gasteiger partial charge on any atom is -0.452 e. The number of ether oxygens (including phenoxy) is 1. The molecule has 1 aromatic rings. The smallest absolute Gasteiger partial charge is 0.341 e. The molecule has 0 fully saturated rings. The maximum Gasteiger partial charge on any atom is 0.341 e. The average molecular weight is 240 g/mol. The number of benzene rings is 1. The quantitative estimate of drug-likeness (QED) is 0.599. The largest absolute Gasteiger partial charge is 0.452 e. The molecule has 0 radical (unpaired) electrons. The van der Waals surface area contributed by atoms with Gasteiger partial charge in [0.15, 0.2) is 6.61 Å². The molecule has 0 saturated carbocycles. The molecule has 0 unspecified atom stereocenters. The maximum absolute atomic E-state index is 13.3. The van der Waals surface area contributed by atoms with Gasteiger partial charge in [-0.1, -0.05) is 0 Å². The molecule has 3 N–H and O–H groups in total. The lowest BCUT2D eigenvalue weighted by molar-refractivity contribution is -0.124. The Labute approximate surface area is 97.7 Å². The molecule has 92 valence electrons. The van der Waals surface area contributed by atoms with Crippen molar-refractivity contribution in [3.63, 3.8) is 0 Å². The van der Waals surface area contributed by atoms with Crippen LogP contribution in [-0.4, -0.2) is 25.0 Å². The highest BCUT2D eigenvalue weighted by molar-refractivity contribution is 5.91. The van der Waals surface area contributed by atoms with Crippen molar-refractivity contribution in [2.24, 2.45) is 0 Å². The fourth-order valence-corrected chi connectivity index (χ4v) is 1.15. The normalized spacial score (nSPS) is 9.76. The summed E-state index contributed by atoms with van der Waals surface area (Å²) in [4.78, 5) is 22.4. The van der Waals surface area contributed by atoms with Gasteiger partial charge in [-0.2, -0.15) is 0 Å². The van der Waals surface area contributed by atoms with E-state index in [4.69, 9.17) is 5.73 Å². The van der Waals surface area contributed by atoms with Crippen LogP contribution in [0.2, 0.25) is 0 Å². The van der Waals surface area contributed by atoms with Gasteiger partial charge in [0, 0.05) is 12.2 Å². The number of hydrogen-bond acceptors (Lipinski definition) is 4. The van der Waals surface area contributed by atoms with Crippen LogP contribution in [0.1, 0.15) is 17.3 Å². The Morgan fingerprint density at radius 1 is 1.47 bits per heavy atom. The van der Waals surface area contributed by atoms with Gasteiger partial charge in [0.2, 0.25) is 0 Å². The number of likely N-dealkylation sites (N-methyl/N-ethyl adjacent to an activating group) is 1. The standard InChI is InChI=1S/C11H13FN2O3/c1-2-14-10(15)6-17-11(16)8-4-3-7(13)5-9(8)12/h3-5H,2,6,13H2,1H3,(H,14,15). The predicted molar refractivity (Wildman–Crippen MR) is 59.8 cm³/mol. The molecule has 1 aromatic carbocycles. The Morgan fingerprint density at radius 3 is 2.76 bits per heavy atom. The topological polar surface area (TPSA) is 81.4 Å². The van der Waals surface area contributed by atoms with E-state index < -0.39 is 24.3 Å². The Balaban J connectivity index is 2.61. The van der Waals surface area contributed by atoms with Crippen molar-refractivity contribution in [3.05, 3.63) is 29.6 Å². The van der Waals surface area contributed by atoms with Gasteiger partial charge in [-0.25, -0.2) is 9.18 Å². The fraction of sp³-hybridized carbons (Fsp3) is 0.273. The molecule has 0 saturated heterocycles. The van der Waals surface area contributed by atoms with Crippen LogP contribution >= 0.6 is 0 Å². The van der Waals surface area contributed by atoms with E-state index >= 15 is 0 Å². The number of nitrogen functional groups attached to an aromatic ring is 1. The molecule has 0 aromatic heterocycles. The van der Waals surface area contributed by atoms with Gasteiger partial charge in [0.1, 0.15) is 5.82 Å². The second kappa shape index (κ2) is 5.83. The van der Waals surface area contributed by atoms with Gasteiger partial charge in [-0.3, -0.25) is 4.79 Å². The summed E-state index contributed by atoms with van der Waals surface area (Å²) in [6.45, 7) is 1.74. The predicted octanol–water partition coefficient (Wildman–Crippen LogP) is 0.701. The van der Waals surface area contributed by atoms with Gasteiger partial charge in [0.05, 0.1) is 5.56 Å². The summed E-state index contributed by atoms with van der Waals surface area (Å²) in [5.74, 6) is -2.10. The lowest BCUT2D eigenvalue weighted by Gasteiger charge is -2.06. The zero-order chi connectivity index (χ0) is 12.8. The summed E-state index contributed by atoms with van der Waals surface area (Å²) in [6.07, 6.45) is 0. The molecular weight excluding hydrogens is 227 g/mol. The molecule has 0 atom stereocenters. The van der Waals surface area contributed by atoms with E-state index in [2.05, 4.69) is 10.1 Å². The molecule has 5 nitrogen and oxygen atoms in total. The Hall–Kier alpha value is -2.11. The van der Waals surface area contributed by atoms with Crippen molar-refractivity contribution >= 4 is 17.6 Å². The highest BCUT2D eigenvalue weighted by Gasteiger charge is 2.14. The molecule has 1 amide bonds. The fourth-order valence-electron chi connectivity index (χ4n) is 1.15. The Kier molecular flexibility index (Phi) is 4.45. The lowest BCUT2D eigenvalue weighted by Crippen LogP contribution is -2.28. The van der Waals surface area contributed by atoms with E-state index in [1.807, 2.05) is 0 Å². The van der Waals surface area contributed by atoms with E-state index in [-0.39, 0.29) is 11.3 Å². The van der Waals surface area contributed by atoms with E-state index in [1.54, 1.807) is 6.92 Å². The Bertz CT molecular complexity index is 435. The summed E-state index contributed by atoms with van der Waals surface area (Å²) in [5.41, 5.74) is 5.30. The van der Waals surface area contributed by atoms with Crippen LogP contribution in [0, 0.1) is 5.82 Å². The number of nitrogens with one attached hydrogen (secondary N) is 1. The number of halogens is 1. The van der Waals surface area contributed by atoms with E-state index in [1.165, 1.54) is 12.1 Å². The number of hydrogen-bond donors (Lipinski definition) is 2. The van der Waals surface area contributed by atoms with Crippen molar-refractivity contribution in [2.45, 2.75) is 6.92 Å². The van der Waals surface area contributed by atoms with Crippen LogP contribution in [-0.2, 0) is 9.53 Å². The molecular formula is C11H13FN2O3. The number of anilines is 1. The summed E-state index contributed by atoms with van der Waals surface area (Å²) in [7, 11) is 0. The van der Waals surface area contributed by atoms with Crippen LogP contribution in [0.5, 0.6) is 0 Å². The van der Waals surface area contributed by atoms with Crippen LogP contribution in [0.3, 0.4) is 0 Å². The molecule has 0 aliphatic rings. The first-order valence-corrected chi connectivity index (χ1v) is 5.03. The molecule has 1 rings (SSSR count). The van der Waals surface area contributed by atoms with E-state index in [0.29, 0.717) is 6.54 Å². The number of amides is 1. The van der Waals surface area contributed by atoms with Crippen molar-refractivity contribution in [3.8, 4) is 0 Å². The average Bonchev–Trinajstić information content (AvgIpc) is 2.26. The lowest BCUT2D eigenvalue weighted by atomic mass is 10.2. The monoisotopic (exact) mass is 240 g/mol. The maximum atomic E-state index is 13.3. The number of carbonyl (C=O) groups is 2. The first kappa shape index (κ1) is 13.0. The Morgan fingerprint density at radius 2 is 2.18 bits per heavy atom. The third-order valence-corrected chi connectivity index (χ3v) is 1.92. The van der Waals surface area contributed by atoms with Gasteiger partial charge in [0.25, 0.3) is 5.91 Å². The third-order valence-electron chi connectivity index (χ3n) is 1.92.